The van der Waals surface area contributed by atoms with Gasteiger partial charge in [-0.3, -0.25) is 9.00 Å². The lowest BCUT2D eigenvalue weighted by Crippen LogP contribution is -2.20. The van der Waals surface area contributed by atoms with Crippen LogP contribution in [-0.4, -0.2) is 15.9 Å². The second-order valence-corrected chi connectivity index (χ2v) is 6.92. The number of nitrogens with one attached hydrogen (secondary N) is 1. The van der Waals surface area contributed by atoms with Gasteiger partial charge in [0.15, 0.2) is 0 Å². The molecule has 1 unspecified atom stereocenters. The zero-order valence-corrected chi connectivity index (χ0v) is 13.8. The summed E-state index contributed by atoms with van der Waals surface area (Å²) in [4.78, 5) is 12.4. The molecular formula is C15H15BrN2O2S. The van der Waals surface area contributed by atoms with E-state index >= 15 is 0 Å². The van der Waals surface area contributed by atoms with Crippen LogP contribution in [0.25, 0.3) is 0 Å². The number of halogens is 1. The summed E-state index contributed by atoms with van der Waals surface area (Å²) in [5, 5.41) is 2.71. The standard InChI is InChI=1S/C15H15BrN2O2S/c1-10-5-6-13(17)14(7-10)21(20)9-15(19)18-12-4-2-3-11(16)8-12/h2-8H,9,17H2,1H3,(H,18,19). The summed E-state index contributed by atoms with van der Waals surface area (Å²) in [5.74, 6) is -0.437. The number of nitrogens with two attached hydrogens (primary N) is 1. The zero-order chi connectivity index (χ0) is 15.4. The van der Waals surface area contributed by atoms with E-state index in [2.05, 4.69) is 21.2 Å². The van der Waals surface area contributed by atoms with Crippen LogP contribution in [0.5, 0.6) is 0 Å². The number of hydrogen-bond donors (Lipinski definition) is 2. The number of hydrogen-bond acceptors (Lipinski definition) is 3. The number of nitrogen functional groups attached to an aromatic ring is 1. The van der Waals surface area contributed by atoms with Crippen LogP contribution in [0.4, 0.5) is 11.4 Å². The van der Waals surface area contributed by atoms with Crippen LogP contribution in [-0.2, 0) is 15.6 Å². The van der Waals surface area contributed by atoms with Crippen molar-refractivity contribution in [2.24, 2.45) is 0 Å². The van der Waals surface area contributed by atoms with Crippen molar-refractivity contribution in [2.45, 2.75) is 11.8 Å². The van der Waals surface area contributed by atoms with Gasteiger partial charge in [0.2, 0.25) is 5.91 Å². The van der Waals surface area contributed by atoms with Gasteiger partial charge in [0.25, 0.3) is 0 Å². The van der Waals surface area contributed by atoms with Crippen molar-refractivity contribution in [3.8, 4) is 0 Å². The number of benzene rings is 2. The average Bonchev–Trinajstić information content (AvgIpc) is 2.41. The molecule has 0 radical (unpaired) electrons. The van der Waals surface area contributed by atoms with Gasteiger partial charge < -0.3 is 11.1 Å². The van der Waals surface area contributed by atoms with Gasteiger partial charge in [-0.15, -0.1) is 0 Å². The smallest absolute Gasteiger partial charge is 0.237 e. The molecule has 6 heteroatoms. The van der Waals surface area contributed by atoms with Crippen LogP contribution in [0.1, 0.15) is 5.56 Å². The molecule has 2 rings (SSSR count). The fourth-order valence-corrected chi connectivity index (χ4v) is 3.31. The van der Waals surface area contributed by atoms with E-state index in [1.54, 1.807) is 24.3 Å². The molecule has 0 aliphatic rings. The lowest BCUT2D eigenvalue weighted by Gasteiger charge is -2.08. The number of anilines is 2. The topological polar surface area (TPSA) is 72.2 Å². The fourth-order valence-electron chi connectivity index (χ4n) is 1.80. The van der Waals surface area contributed by atoms with Crippen LogP contribution in [0.3, 0.4) is 0 Å². The Morgan fingerprint density at radius 1 is 1.29 bits per heavy atom. The maximum Gasteiger partial charge on any atom is 0.237 e. The number of carbonyl (C=O) groups is 1. The zero-order valence-electron chi connectivity index (χ0n) is 11.4. The molecule has 21 heavy (non-hydrogen) atoms. The lowest BCUT2D eigenvalue weighted by atomic mass is 10.2. The predicted octanol–water partition coefficient (Wildman–Crippen LogP) is 3.09. The Bertz CT molecular complexity index is 704. The second-order valence-electron chi connectivity index (χ2n) is 4.59. The summed E-state index contributed by atoms with van der Waals surface area (Å²) >= 11 is 3.33. The quantitative estimate of drug-likeness (QED) is 0.816. The van der Waals surface area contributed by atoms with Crippen molar-refractivity contribution in [1.29, 1.82) is 0 Å². The molecule has 0 saturated carbocycles. The SMILES string of the molecule is Cc1ccc(N)c(S(=O)CC(=O)Nc2cccc(Br)c2)c1. The van der Waals surface area contributed by atoms with E-state index < -0.39 is 10.8 Å². The Balaban J connectivity index is 2.05. The van der Waals surface area contributed by atoms with Gasteiger partial charge in [0.05, 0.1) is 15.7 Å². The first-order valence-corrected chi connectivity index (χ1v) is 8.37. The van der Waals surface area contributed by atoms with Gasteiger partial charge in [-0.2, -0.15) is 0 Å². The Hall–Kier alpha value is -1.66. The molecule has 4 nitrogen and oxygen atoms in total. The molecular weight excluding hydrogens is 352 g/mol. The van der Waals surface area contributed by atoms with E-state index in [0.29, 0.717) is 16.3 Å². The maximum atomic E-state index is 12.2. The Labute approximate surface area is 134 Å². The summed E-state index contributed by atoms with van der Waals surface area (Å²) in [6.45, 7) is 1.89. The Morgan fingerprint density at radius 3 is 2.76 bits per heavy atom. The first-order valence-electron chi connectivity index (χ1n) is 6.25. The minimum atomic E-state index is -1.46. The van der Waals surface area contributed by atoms with E-state index in [1.807, 2.05) is 25.1 Å². The minimum absolute atomic E-state index is 0.125. The summed E-state index contributed by atoms with van der Waals surface area (Å²) in [5.41, 5.74) is 7.86. The first-order chi connectivity index (χ1) is 9.95. The molecule has 1 amide bonds. The monoisotopic (exact) mass is 366 g/mol. The van der Waals surface area contributed by atoms with Crippen LogP contribution in [0.2, 0.25) is 0 Å². The van der Waals surface area contributed by atoms with E-state index in [4.69, 9.17) is 5.73 Å². The van der Waals surface area contributed by atoms with E-state index in [0.717, 1.165) is 10.0 Å². The number of aryl methyl sites for hydroxylation is 1. The van der Waals surface area contributed by atoms with E-state index in [-0.39, 0.29) is 11.7 Å². The third-order valence-corrected chi connectivity index (χ3v) is 4.65. The molecule has 0 heterocycles. The molecule has 0 aliphatic carbocycles. The highest BCUT2D eigenvalue weighted by Crippen LogP contribution is 2.19. The van der Waals surface area contributed by atoms with Gasteiger partial charge in [0.1, 0.15) is 5.75 Å². The first kappa shape index (κ1) is 15.7. The highest BCUT2D eigenvalue weighted by Gasteiger charge is 2.13. The Morgan fingerprint density at radius 2 is 2.05 bits per heavy atom. The molecule has 0 fully saturated rings. The normalized spacial score (nSPS) is 11.9. The summed E-state index contributed by atoms with van der Waals surface area (Å²) in [7, 11) is -1.46. The van der Waals surface area contributed by atoms with E-state index in [1.165, 1.54) is 0 Å². The highest BCUT2D eigenvalue weighted by atomic mass is 79.9. The molecule has 110 valence electrons. The maximum absolute atomic E-state index is 12.2. The summed E-state index contributed by atoms with van der Waals surface area (Å²) in [6.07, 6.45) is 0. The van der Waals surface area contributed by atoms with Crippen LogP contribution in [0, 0.1) is 6.92 Å². The third kappa shape index (κ3) is 4.41. The lowest BCUT2D eigenvalue weighted by molar-refractivity contribution is -0.113. The molecule has 0 aliphatic heterocycles. The van der Waals surface area contributed by atoms with Crippen molar-refractivity contribution in [3.63, 3.8) is 0 Å². The minimum Gasteiger partial charge on any atom is -0.398 e. The molecule has 1 atom stereocenters. The molecule has 0 spiro atoms. The van der Waals surface area contributed by atoms with Crippen molar-refractivity contribution >= 4 is 44.0 Å². The van der Waals surface area contributed by atoms with Crippen molar-refractivity contribution in [2.75, 3.05) is 16.8 Å². The van der Waals surface area contributed by atoms with Crippen molar-refractivity contribution in [1.82, 2.24) is 0 Å². The summed E-state index contributed by atoms with van der Waals surface area (Å²) < 4.78 is 13.1. The average molecular weight is 367 g/mol. The highest BCUT2D eigenvalue weighted by molar-refractivity contribution is 9.10. The molecule has 2 aromatic carbocycles. The van der Waals surface area contributed by atoms with Gasteiger partial charge in [0, 0.05) is 15.8 Å². The molecule has 2 aromatic rings. The molecule has 0 saturated heterocycles. The second kappa shape index (κ2) is 6.87. The third-order valence-electron chi connectivity index (χ3n) is 2.78. The van der Waals surface area contributed by atoms with Gasteiger partial charge in [-0.1, -0.05) is 28.1 Å². The number of rotatable bonds is 4. The van der Waals surface area contributed by atoms with Gasteiger partial charge >= 0.3 is 0 Å². The van der Waals surface area contributed by atoms with Crippen LogP contribution < -0.4 is 11.1 Å². The van der Waals surface area contributed by atoms with Crippen LogP contribution >= 0.6 is 15.9 Å². The Kier molecular flexibility index (Phi) is 5.14. The van der Waals surface area contributed by atoms with Gasteiger partial charge in [-0.25, -0.2) is 0 Å². The number of carbonyl (C=O) groups excluding carboxylic acids is 1. The van der Waals surface area contributed by atoms with Gasteiger partial charge in [-0.05, 0) is 42.8 Å². The van der Waals surface area contributed by atoms with Crippen LogP contribution in [0.15, 0.2) is 51.8 Å². The predicted molar refractivity (Wildman–Crippen MR) is 89.6 cm³/mol. The molecule has 3 N–H and O–H groups in total. The molecule has 0 bridgehead atoms. The van der Waals surface area contributed by atoms with Crippen molar-refractivity contribution < 1.29 is 9.00 Å². The van der Waals surface area contributed by atoms with Crippen molar-refractivity contribution in [3.05, 3.63) is 52.5 Å². The largest absolute Gasteiger partial charge is 0.398 e. The summed E-state index contributed by atoms with van der Waals surface area (Å²) in [6, 6.07) is 12.5. The molecule has 0 aromatic heterocycles. The van der Waals surface area contributed by atoms with E-state index in [9.17, 15) is 9.00 Å². The fraction of sp³-hybridized carbons (Fsp3) is 0.133. The number of amides is 1.